The topological polar surface area (TPSA) is 66.8 Å². The molecular weight excluding hydrogens is 292 g/mol. The van der Waals surface area contributed by atoms with Crippen molar-refractivity contribution in [2.24, 2.45) is 29.6 Å². The van der Waals surface area contributed by atoms with Crippen LogP contribution < -0.4 is 0 Å². The molecule has 0 aromatic heterocycles. The molecule has 2 rings (SSSR count). The van der Waals surface area contributed by atoms with Gasteiger partial charge in [0.25, 0.3) is 0 Å². The third-order valence-corrected chi connectivity index (χ3v) is 5.58. The molecule has 0 unspecified atom stereocenters. The second-order valence-electron chi connectivity index (χ2n) is 7.09. The summed E-state index contributed by atoms with van der Waals surface area (Å²) in [5, 5.41) is 18.2. The van der Waals surface area contributed by atoms with E-state index in [1.807, 2.05) is 6.08 Å². The first kappa shape index (κ1) is 18.0. The maximum atomic E-state index is 10.6. The molecule has 0 aliphatic heterocycles. The molecule has 1 saturated carbocycles. The summed E-state index contributed by atoms with van der Waals surface area (Å²) >= 11 is 0. The average Bonchev–Trinajstić information content (AvgIpc) is 2.52. The van der Waals surface area contributed by atoms with Gasteiger partial charge in [-0.3, -0.25) is 0 Å². The number of methoxy groups -OCH3 is 1. The summed E-state index contributed by atoms with van der Waals surface area (Å²) < 4.78 is 5.79. The molecule has 128 valence electrons. The largest absolute Gasteiger partial charge is 0.478 e. The lowest BCUT2D eigenvalue weighted by molar-refractivity contribution is -0.131. The predicted octanol–water partition coefficient (Wildman–Crippen LogP) is 3.05. The van der Waals surface area contributed by atoms with Crippen molar-refractivity contribution in [3.63, 3.8) is 0 Å². The Morgan fingerprint density at radius 1 is 1.39 bits per heavy atom. The molecule has 0 saturated heterocycles. The molecule has 2 aliphatic carbocycles. The first-order valence-electron chi connectivity index (χ1n) is 8.34. The van der Waals surface area contributed by atoms with Crippen LogP contribution in [0.25, 0.3) is 0 Å². The number of aliphatic hydroxyl groups excluding tert-OH is 1. The Hall–Kier alpha value is -1.39. The molecule has 0 heterocycles. The minimum Gasteiger partial charge on any atom is -0.478 e. The summed E-state index contributed by atoms with van der Waals surface area (Å²) in [5.74, 6) is 1.00. The summed E-state index contributed by atoms with van der Waals surface area (Å²) in [6.45, 7) is 4.59. The first-order chi connectivity index (χ1) is 10.9. The van der Waals surface area contributed by atoms with Crippen LogP contribution in [-0.2, 0) is 9.53 Å². The van der Waals surface area contributed by atoms with Gasteiger partial charge in [-0.2, -0.15) is 0 Å². The number of rotatable bonds is 5. The van der Waals surface area contributed by atoms with Crippen LogP contribution in [0.3, 0.4) is 0 Å². The molecule has 0 bridgehead atoms. The normalized spacial score (nSPS) is 40.6. The van der Waals surface area contributed by atoms with Gasteiger partial charge in [-0.1, -0.05) is 37.3 Å². The quantitative estimate of drug-likeness (QED) is 0.464. The highest BCUT2D eigenvalue weighted by Gasteiger charge is 2.47. The number of aliphatic carboxylic acids is 1. The lowest BCUT2D eigenvalue weighted by Gasteiger charge is -2.50. The van der Waals surface area contributed by atoms with E-state index in [-0.39, 0.29) is 18.1 Å². The molecular formula is C19H28O4. The van der Waals surface area contributed by atoms with Gasteiger partial charge in [0.05, 0.1) is 5.60 Å². The van der Waals surface area contributed by atoms with Crippen molar-refractivity contribution in [1.29, 1.82) is 0 Å². The highest BCUT2D eigenvalue weighted by Crippen LogP contribution is 2.50. The third-order valence-electron chi connectivity index (χ3n) is 5.58. The fraction of sp³-hybridized carbons (Fsp3) is 0.632. The minimum absolute atomic E-state index is 0.190. The van der Waals surface area contributed by atoms with Crippen molar-refractivity contribution < 1.29 is 19.7 Å². The van der Waals surface area contributed by atoms with Gasteiger partial charge in [0.1, 0.15) is 0 Å². The van der Waals surface area contributed by atoms with E-state index in [2.05, 4.69) is 32.1 Å². The van der Waals surface area contributed by atoms with Gasteiger partial charge in [0.15, 0.2) is 0 Å². The minimum atomic E-state index is -0.942. The maximum absolute atomic E-state index is 10.6. The maximum Gasteiger partial charge on any atom is 0.328 e. The van der Waals surface area contributed by atoms with Gasteiger partial charge in [-0.25, -0.2) is 4.79 Å². The van der Waals surface area contributed by atoms with Crippen molar-refractivity contribution in [2.75, 3.05) is 13.7 Å². The van der Waals surface area contributed by atoms with Gasteiger partial charge >= 0.3 is 5.97 Å². The van der Waals surface area contributed by atoms with Gasteiger partial charge in [0.2, 0.25) is 0 Å². The third kappa shape index (κ3) is 3.93. The summed E-state index contributed by atoms with van der Waals surface area (Å²) in [4.78, 5) is 10.6. The number of allylic oxidation sites excluding steroid dienone is 3. The molecule has 2 aliphatic rings. The summed E-state index contributed by atoms with van der Waals surface area (Å²) in [6.07, 6.45) is 13.0. The van der Waals surface area contributed by atoms with E-state index in [0.717, 1.165) is 18.9 Å². The summed E-state index contributed by atoms with van der Waals surface area (Å²) in [6, 6.07) is 0. The van der Waals surface area contributed by atoms with Crippen molar-refractivity contribution in [1.82, 2.24) is 0 Å². The highest BCUT2D eigenvalue weighted by molar-refractivity contribution is 5.80. The number of hydrogen-bond donors (Lipinski definition) is 2. The van der Waals surface area contributed by atoms with Gasteiger partial charge in [0, 0.05) is 25.7 Å². The number of carboxylic acid groups (broad SMARTS) is 1. The van der Waals surface area contributed by atoms with E-state index < -0.39 is 5.97 Å². The molecule has 0 spiro atoms. The molecule has 0 aromatic carbocycles. The fourth-order valence-corrected chi connectivity index (χ4v) is 4.37. The zero-order valence-corrected chi connectivity index (χ0v) is 14.2. The average molecular weight is 320 g/mol. The van der Waals surface area contributed by atoms with Crippen LogP contribution in [-0.4, -0.2) is 35.5 Å². The second-order valence-corrected chi connectivity index (χ2v) is 7.09. The second kappa shape index (κ2) is 7.45. The van der Waals surface area contributed by atoms with E-state index in [9.17, 15) is 9.90 Å². The number of carbonyl (C=O) groups is 1. The lowest BCUT2D eigenvalue weighted by atomic mass is 9.57. The highest BCUT2D eigenvalue weighted by atomic mass is 16.5. The Kier molecular flexibility index (Phi) is 5.82. The van der Waals surface area contributed by atoms with E-state index >= 15 is 0 Å². The standard InChI is InChI=1S/C19H28O4/c1-13-10-14(12-20)11-15-8-9-19(2,23-3)16(18(13)15)6-4-5-7-17(21)22/h4-9,13-16,18,20H,10-12H2,1-3H3,(H,21,22)/b6-4+,7-5+/t13-,14+,15+,16-,18+,19+/m1/s1. The Bertz CT molecular complexity index is 507. The first-order valence-corrected chi connectivity index (χ1v) is 8.34. The Morgan fingerprint density at radius 3 is 2.74 bits per heavy atom. The van der Waals surface area contributed by atoms with Crippen molar-refractivity contribution >= 4 is 5.97 Å². The smallest absolute Gasteiger partial charge is 0.328 e. The Balaban J connectivity index is 2.27. The van der Waals surface area contributed by atoms with Crippen LogP contribution in [0.15, 0.2) is 36.5 Å². The molecule has 4 nitrogen and oxygen atoms in total. The predicted molar refractivity (Wildman–Crippen MR) is 89.9 cm³/mol. The van der Waals surface area contributed by atoms with Gasteiger partial charge in [-0.05, 0) is 43.4 Å². The van der Waals surface area contributed by atoms with Crippen LogP contribution in [0.1, 0.15) is 26.7 Å². The van der Waals surface area contributed by atoms with Crippen molar-refractivity contribution in [3.05, 3.63) is 36.5 Å². The zero-order valence-electron chi connectivity index (χ0n) is 14.2. The lowest BCUT2D eigenvalue weighted by Crippen LogP contribution is -2.48. The van der Waals surface area contributed by atoms with Crippen LogP contribution >= 0.6 is 0 Å². The molecule has 0 radical (unpaired) electrons. The molecule has 0 amide bonds. The Morgan fingerprint density at radius 2 is 2.13 bits per heavy atom. The molecule has 23 heavy (non-hydrogen) atoms. The van der Waals surface area contributed by atoms with Crippen LogP contribution in [0.2, 0.25) is 0 Å². The SMILES string of the molecule is CO[C@@]1(C)C=C[C@H]2C[C@@H](CO)C[C@@H](C)[C@@H]2[C@H]1/C=C/C=C/C(=O)O. The number of fused-ring (bicyclic) bond motifs is 1. The summed E-state index contributed by atoms with van der Waals surface area (Å²) in [5.41, 5.74) is -0.380. The van der Waals surface area contributed by atoms with Crippen molar-refractivity contribution in [2.45, 2.75) is 32.3 Å². The fourth-order valence-electron chi connectivity index (χ4n) is 4.37. The van der Waals surface area contributed by atoms with E-state index in [1.54, 1.807) is 13.2 Å². The molecule has 2 N–H and O–H groups in total. The number of hydrogen-bond acceptors (Lipinski definition) is 3. The molecule has 1 fully saturated rings. The number of aliphatic hydroxyl groups is 1. The summed E-state index contributed by atoms with van der Waals surface area (Å²) in [7, 11) is 1.72. The van der Waals surface area contributed by atoms with E-state index in [0.29, 0.717) is 23.7 Å². The van der Waals surface area contributed by atoms with Gasteiger partial charge < -0.3 is 14.9 Å². The molecule has 4 heteroatoms. The van der Waals surface area contributed by atoms with Crippen LogP contribution in [0.5, 0.6) is 0 Å². The van der Waals surface area contributed by atoms with E-state index in [4.69, 9.17) is 9.84 Å². The van der Waals surface area contributed by atoms with Crippen molar-refractivity contribution in [3.8, 4) is 0 Å². The molecule has 6 atom stereocenters. The molecule has 0 aromatic rings. The number of carboxylic acids is 1. The van der Waals surface area contributed by atoms with Crippen LogP contribution in [0.4, 0.5) is 0 Å². The monoisotopic (exact) mass is 320 g/mol. The zero-order chi connectivity index (χ0) is 17.0. The Labute approximate surface area is 138 Å². The van der Waals surface area contributed by atoms with E-state index in [1.165, 1.54) is 0 Å². The van der Waals surface area contributed by atoms with Gasteiger partial charge in [-0.15, -0.1) is 0 Å². The number of ether oxygens (including phenoxy) is 1. The van der Waals surface area contributed by atoms with Crippen LogP contribution in [0, 0.1) is 29.6 Å².